The lowest BCUT2D eigenvalue weighted by Crippen LogP contribution is -2.42. The van der Waals surface area contributed by atoms with Crippen molar-refractivity contribution in [2.75, 3.05) is 34.2 Å². The van der Waals surface area contributed by atoms with Gasteiger partial charge < -0.3 is 30.0 Å². The molecule has 0 unspecified atom stereocenters. The fraction of sp³-hybridized carbons (Fsp3) is 0.686. The average Bonchev–Trinajstić information content (AvgIpc) is 2.93. The van der Waals surface area contributed by atoms with Crippen molar-refractivity contribution in [3.63, 3.8) is 0 Å². The smallest absolute Gasteiger partial charge is 0.414 e. The lowest BCUT2D eigenvalue weighted by atomic mass is 9.85. The first-order valence-corrected chi connectivity index (χ1v) is 16.3. The van der Waals surface area contributed by atoms with Gasteiger partial charge in [0.15, 0.2) is 5.78 Å². The fourth-order valence-corrected chi connectivity index (χ4v) is 5.34. The maximum atomic E-state index is 13.2. The molecule has 2 amide bonds. The zero-order chi connectivity index (χ0) is 34.2. The number of hydrogen-bond acceptors (Lipinski definition) is 8. The Morgan fingerprint density at radius 3 is 2.29 bits per heavy atom. The second-order valence-corrected chi connectivity index (χ2v) is 13.3. The number of hydrogen-bond donors (Lipinski definition) is 2. The minimum atomic E-state index is -0.753. The molecule has 0 aliphatic carbocycles. The van der Waals surface area contributed by atoms with Crippen LogP contribution in [0.25, 0.3) is 0 Å². The van der Waals surface area contributed by atoms with Gasteiger partial charge in [-0.1, -0.05) is 39.3 Å². The van der Waals surface area contributed by atoms with Crippen LogP contribution in [0.4, 0.5) is 4.79 Å². The highest BCUT2D eigenvalue weighted by molar-refractivity contribution is 5.97. The molecule has 0 fully saturated rings. The maximum absolute atomic E-state index is 13.2. The SMILES string of the molecule is CCC(=N)CCCC[C@H](NC(=O)CC(=O)OC(C)(C)C)C(=O)CCCN(C)C(=O)Oc1cccc([C@H](CC)[C@@H](C)CN(C)C)c1. The zero-order valence-corrected chi connectivity index (χ0v) is 29.2. The Labute approximate surface area is 271 Å². The van der Waals surface area contributed by atoms with Crippen LogP contribution < -0.4 is 10.1 Å². The van der Waals surface area contributed by atoms with Crippen molar-refractivity contribution in [3.8, 4) is 5.75 Å². The summed E-state index contributed by atoms with van der Waals surface area (Å²) >= 11 is 0. The molecule has 0 heterocycles. The van der Waals surface area contributed by atoms with Crippen LogP contribution in [0.2, 0.25) is 0 Å². The number of carbonyl (C=O) groups is 4. The molecule has 0 aliphatic rings. The summed E-state index contributed by atoms with van der Waals surface area (Å²) in [4.78, 5) is 54.3. The second kappa shape index (κ2) is 20.0. The van der Waals surface area contributed by atoms with E-state index in [1.807, 2.05) is 19.1 Å². The molecule has 1 aromatic carbocycles. The molecule has 3 atom stereocenters. The molecule has 2 N–H and O–H groups in total. The average molecular weight is 631 g/mol. The van der Waals surface area contributed by atoms with Crippen LogP contribution in [0.5, 0.6) is 5.75 Å². The summed E-state index contributed by atoms with van der Waals surface area (Å²) in [5, 5.41) is 10.6. The van der Waals surface area contributed by atoms with E-state index in [2.05, 4.69) is 44.2 Å². The van der Waals surface area contributed by atoms with Crippen molar-refractivity contribution >= 4 is 29.5 Å². The largest absolute Gasteiger partial charge is 0.460 e. The van der Waals surface area contributed by atoms with Crippen molar-refractivity contribution in [3.05, 3.63) is 29.8 Å². The van der Waals surface area contributed by atoms with Crippen LogP contribution >= 0.6 is 0 Å². The number of ether oxygens (including phenoxy) is 2. The van der Waals surface area contributed by atoms with E-state index in [1.54, 1.807) is 33.9 Å². The van der Waals surface area contributed by atoms with Crippen molar-refractivity contribution in [2.24, 2.45) is 5.92 Å². The van der Waals surface area contributed by atoms with E-state index in [-0.39, 0.29) is 12.2 Å². The quantitative estimate of drug-likeness (QED) is 0.0742. The number of ketones is 1. The molecule has 0 saturated heterocycles. The minimum Gasteiger partial charge on any atom is -0.460 e. The summed E-state index contributed by atoms with van der Waals surface area (Å²) in [5.41, 5.74) is 1.07. The predicted molar refractivity (Wildman–Crippen MR) is 179 cm³/mol. The van der Waals surface area contributed by atoms with Gasteiger partial charge >= 0.3 is 12.1 Å². The molecule has 0 aliphatic heterocycles. The number of benzene rings is 1. The van der Waals surface area contributed by atoms with E-state index >= 15 is 0 Å². The number of rotatable bonds is 20. The highest BCUT2D eigenvalue weighted by atomic mass is 16.6. The van der Waals surface area contributed by atoms with Gasteiger partial charge in [0.2, 0.25) is 5.91 Å². The van der Waals surface area contributed by atoms with Gasteiger partial charge in [0.1, 0.15) is 17.8 Å². The molecule has 1 aromatic rings. The van der Waals surface area contributed by atoms with E-state index in [0.29, 0.717) is 61.9 Å². The standard InChI is InChI=1S/C35H58N4O6/c1-10-27(36)17-12-13-19-30(37-32(41)23-33(42)45-35(4,5)6)31(40)20-15-21-39(9)34(43)44-28-18-14-16-26(22-28)29(11-2)25(3)24-38(7)8/h14,16,18,22,25,29-30,36H,10-13,15,17,19-21,23-24H2,1-9H3,(H,37,41)/t25-,29+,30-/m0/s1. The molecule has 10 nitrogen and oxygen atoms in total. The number of carbonyl (C=O) groups excluding carboxylic acids is 4. The molecule has 1 rings (SSSR count). The number of unbranched alkanes of at least 4 members (excludes halogenated alkanes) is 1. The summed E-state index contributed by atoms with van der Waals surface area (Å²) < 4.78 is 10.9. The second-order valence-electron chi connectivity index (χ2n) is 13.3. The van der Waals surface area contributed by atoms with E-state index in [9.17, 15) is 19.2 Å². The van der Waals surface area contributed by atoms with Gasteiger partial charge in [0, 0.05) is 32.3 Å². The Morgan fingerprint density at radius 1 is 1.00 bits per heavy atom. The monoisotopic (exact) mass is 630 g/mol. The first-order valence-electron chi connectivity index (χ1n) is 16.3. The van der Waals surface area contributed by atoms with Gasteiger partial charge in [-0.15, -0.1) is 0 Å². The van der Waals surface area contributed by atoms with E-state index < -0.39 is 36.0 Å². The molecule has 0 aromatic heterocycles. The molecule has 0 spiro atoms. The van der Waals surface area contributed by atoms with Crippen molar-refractivity contribution in [1.29, 1.82) is 5.41 Å². The third-order valence-electron chi connectivity index (χ3n) is 7.60. The number of nitrogens with one attached hydrogen (secondary N) is 2. The Kier molecular flexibility index (Phi) is 17.6. The molecule has 0 radical (unpaired) electrons. The van der Waals surface area contributed by atoms with Crippen molar-refractivity contribution in [2.45, 2.75) is 117 Å². The predicted octanol–water partition coefficient (Wildman–Crippen LogP) is 6.36. The summed E-state index contributed by atoms with van der Waals surface area (Å²) in [5.74, 6) is -0.113. The fourth-order valence-electron chi connectivity index (χ4n) is 5.34. The Bertz CT molecular complexity index is 1110. The maximum Gasteiger partial charge on any atom is 0.414 e. The van der Waals surface area contributed by atoms with Crippen LogP contribution in [-0.2, 0) is 19.1 Å². The van der Waals surface area contributed by atoms with Gasteiger partial charge in [0.25, 0.3) is 0 Å². The highest BCUT2D eigenvalue weighted by Crippen LogP contribution is 2.30. The van der Waals surface area contributed by atoms with Gasteiger partial charge in [-0.2, -0.15) is 0 Å². The number of nitrogens with zero attached hydrogens (tertiary/aromatic N) is 2. The van der Waals surface area contributed by atoms with Crippen LogP contribution in [0, 0.1) is 11.3 Å². The molecule has 10 heteroatoms. The Morgan fingerprint density at radius 2 is 1.69 bits per heavy atom. The molecule has 0 bridgehead atoms. The van der Waals surface area contributed by atoms with Crippen molar-refractivity contribution in [1.82, 2.24) is 15.1 Å². The Hall–Kier alpha value is -3.27. The third-order valence-corrected chi connectivity index (χ3v) is 7.60. The van der Waals surface area contributed by atoms with Gasteiger partial charge in [-0.05, 0) is 103 Å². The van der Waals surface area contributed by atoms with E-state index in [0.717, 1.165) is 24.9 Å². The van der Waals surface area contributed by atoms with Gasteiger partial charge in [0.05, 0.1) is 6.04 Å². The highest BCUT2D eigenvalue weighted by Gasteiger charge is 2.25. The number of Topliss-reactive ketones (excluding diaryl/α,β-unsaturated/α-hetero) is 1. The molecule has 45 heavy (non-hydrogen) atoms. The number of amides is 2. The van der Waals surface area contributed by atoms with Gasteiger partial charge in [-0.3, -0.25) is 14.4 Å². The third kappa shape index (κ3) is 16.6. The summed E-state index contributed by atoms with van der Waals surface area (Å²) in [6, 6.07) is 6.93. The Balaban J connectivity index is 2.74. The first-order chi connectivity index (χ1) is 21.1. The van der Waals surface area contributed by atoms with Crippen molar-refractivity contribution < 1.29 is 28.7 Å². The van der Waals surface area contributed by atoms with Crippen LogP contribution in [0.15, 0.2) is 24.3 Å². The van der Waals surface area contributed by atoms with Gasteiger partial charge in [-0.25, -0.2) is 4.79 Å². The summed E-state index contributed by atoms with van der Waals surface area (Å²) in [6.45, 7) is 12.8. The topological polar surface area (TPSA) is 129 Å². The summed E-state index contributed by atoms with van der Waals surface area (Å²) in [7, 11) is 5.76. The normalized spacial score (nSPS) is 13.5. The molecular formula is C35H58N4O6. The molecule has 0 saturated carbocycles. The van der Waals surface area contributed by atoms with Crippen LogP contribution in [-0.4, -0.2) is 85.1 Å². The number of esters is 1. The van der Waals surface area contributed by atoms with E-state index in [1.165, 1.54) is 4.90 Å². The van der Waals surface area contributed by atoms with Crippen LogP contribution in [0.1, 0.15) is 111 Å². The van der Waals surface area contributed by atoms with E-state index in [4.69, 9.17) is 14.9 Å². The molecule has 254 valence electrons. The zero-order valence-electron chi connectivity index (χ0n) is 29.2. The van der Waals surface area contributed by atoms with Crippen LogP contribution in [0.3, 0.4) is 0 Å². The molecular weight excluding hydrogens is 572 g/mol. The first kappa shape index (κ1) is 39.8. The summed E-state index contributed by atoms with van der Waals surface area (Å²) in [6.07, 6.45) is 3.69. The lowest BCUT2D eigenvalue weighted by Gasteiger charge is -2.26. The minimum absolute atomic E-state index is 0.150. The lowest BCUT2D eigenvalue weighted by molar-refractivity contribution is -0.156.